The van der Waals surface area contributed by atoms with Gasteiger partial charge in [-0.25, -0.2) is 4.39 Å². The van der Waals surface area contributed by atoms with E-state index in [2.05, 4.69) is 29.2 Å². The third kappa shape index (κ3) is 4.39. The first kappa shape index (κ1) is 16.7. The molecule has 1 aliphatic rings. The summed E-state index contributed by atoms with van der Waals surface area (Å²) in [6, 6.07) is 5.81. The summed E-state index contributed by atoms with van der Waals surface area (Å²) in [5.41, 5.74) is 0.983. The Morgan fingerprint density at radius 1 is 1.38 bits per heavy atom. The zero-order chi connectivity index (χ0) is 15.4. The minimum atomic E-state index is -0.338. The van der Waals surface area contributed by atoms with Crippen LogP contribution in [0.1, 0.15) is 12.0 Å². The van der Waals surface area contributed by atoms with Gasteiger partial charge in [0.25, 0.3) is 0 Å². The van der Waals surface area contributed by atoms with E-state index in [0.29, 0.717) is 6.04 Å². The highest BCUT2D eigenvalue weighted by Gasteiger charge is 2.27. The topological polar surface area (TPSA) is 18.5 Å². The van der Waals surface area contributed by atoms with Gasteiger partial charge >= 0.3 is 0 Å². The molecule has 2 rings (SSSR count). The fourth-order valence-electron chi connectivity index (χ4n) is 3.09. The van der Waals surface area contributed by atoms with Crippen molar-refractivity contribution < 1.29 is 4.39 Å². The fourth-order valence-corrected chi connectivity index (χ4v) is 3.21. The lowest BCUT2D eigenvalue weighted by Gasteiger charge is -2.34. The van der Waals surface area contributed by atoms with Crippen LogP contribution in [0.25, 0.3) is 0 Å². The van der Waals surface area contributed by atoms with Gasteiger partial charge in [-0.1, -0.05) is 17.7 Å². The van der Waals surface area contributed by atoms with Crippen molar-refractivity contribution in [3.05, 3.63) is 34.6 Å². The van der Waals surface area contributed by atoms with Crippen LogP contribution >= 0.6 is 11.6 Å². The predicted octanol–water partition coefficient (Wildman–Crippen LogP) is 2.25. The molecule has 0 bridgehead atoms. The van der Waals surface area contributed by atoms with Crippen molar-refractivity contribution in [2.75, 3.05) is 40.8 Å². The van der Waals surface area contributed by atoms with E-state index in [9.17, 15) is 4.39 Å². The minimum Gasteiger partial charge on any atom is -0.315 e. The monoisotopic (exact) mass is 313 g/mol. The normalized spacial score (nSPS) is 23.0. The Morgan fingerprint density at radius 3 is 2.81 bits per heavy atom. The summed E-state index contributed by atoms with van der Waals surface area (Å²) in [4.78, 5) is 4.79. The van der Waals surface area contributed by atoms with Crippen molar-refractivity contribution >= 4 is 11.6 Å². The molecule has 21 heavy (non-hydrogen) atoms. The molecule has 0 aromatic heterocycles. The first-order valence-electron chi connectivity index (χ1n) is 7.51. The van der Waals surface area contributed by atoms with Crippen molar-refractivity contribution in [3.63, 3.8) is 0 Å². The van der Waals surface area contributed by atoms with Crippen LogP contribution in [0.15, 0.2) is 18.2 Å². The quantitative estimate of drug-likeness (QED) is 0.920. The average Bonchev–Trinajstić information content (AvgIpc) is 2.61. The molecule has 0 saturated carbocycles. The summed E-state index contributed by atoms with van der Waals surface area (Å²) in [6.45, 7) is 3.26. The number of benzene rings is 1. The van der Waals surface area contributed by atoms with E-state index in [-0.39, 0.29) is 16.9 Å². The van der Waals surface area contributed by atoms with E-state index < -0.39 is 0 Å². The van der Waals surface area contributed by atoms with Gasteiger partial charge in [0.1, 0.15) is 5.82 Å². The molecule has 118 valence electrons. The third-order valence-electron chi connectivity index (χ3n) is 4.39. The van der Waals surface area contributed by atoms with Gasteiger partial charge in [0.15, 0.2) is 0 Å². The number of rotatable bonds is 4. The van der Waals surface area contributed by atoms with Crippen LogP contribution in [0.3, 0.4) is 0 Å². The molecule has 1 aliphatic heterocycles. The van der Waals surface area contributed by atoms with Crippen LogP contribution < -0.4 is 5.32 Å². The second-order valence-electron chi connectivity index (χ2n) is 6.01. The van der Waals surface area contributed by atoms with Gasteiger partial charge in [-0.05, 0) is 64.8 Å². The van der Waals surface area contributed by atoms with Crippen LogP contribution in [0.4, 0.5) is 4.39 Å². The number of hydrogen-bond donors (Lipinski definition) is 1. The molecule has 0 aliphatic carbocycles. The van der Waals surface area contributed by atoms with Crippen molar-refractivity contribution in [1.29, 1.82) is 0 Å². The van der Waals surface area contributed by atoms with Gasteiger partial charge in [0.05, 0.1) is 5.02 Å². The second kappa shape index (κ2) is 7.54. The first-order valence-corrected chi connectivity index (χ1v) is 7.89. The summed E-state index contributed by atoms with van der Waals surface area (Å²) in [5.74, 6) is -0.338. The molecule has 1 aromatic carbocycles. The molecule has 3 nitrogen and oxygen atoms in total. The molecular weight excluding hydrogens is 289 g/mol. The third-order valence-corrected chi connectivity index (χ3v) is 4.70. The van der Waals surface area contributed by atoms with E-state index in [0.717, 1.165) is 31.6 Å². The maximum Gasteiger partial charge on any atom is 0.142 e. The van der Waals surface area contributed by atoms with E-state index in [1.54, 1.807) is 12.1 Å². The van der Waals surface area contributed by atoms with Gasteiger partial charge in [-0.3, -0.25) is 0 Å². The molecule has 1 aromatic rings. The maximum atomic E-state index is 13.6. The molecule has 2 atom stereocenters. The Morgan fingerprint density at radius 2 is 2.14 bits per heavy atom. The average molecular weight is 314 g/mol. The lowest BCUT2D eigenvalue weighted by Crippen LogP contribution is -2.52. The van der Waals surface area contributed by atoms with Crippen molar-refractivity contribution in [3.8, 4) is 0 Å². The van der Waals surface area contributed by atoms with Gasteiger partial charge in [0, 0.05) is 18.6 Å². The second-order valence-corrected chi connectivity index (χ2v) is 6.42. The van der Waals surface area contributed by atoms with Crippen LogP contribution in [0.2, 0.25) is 5.02 Å². The lowest BCUT2D eigenvalue weighted by molar-refractivity contribution is 0.181. The van der Waals surface area contributed by atoms with Crippen LogP contribution in [0, 0.1) is 5.82 Å². The molecule has 1 fully saturated rings. The Bertz CT molecular complexity index is 469. The largest absolute Gasteiger partial charge is 0.315 e. The van der Waals surface area contributed by atoms with Gasteiger partial charge in [-0.2, -0.15) is 0 Å². The Labute approximate surface area is 132 Å². The van der Waals surface area contributed by atoms with E-state index in [1.165, 1.54) is 6.42 Å². The summed E-state index contributed by atoms with van der Waals surface area (Å²) < 4.78 is 13.6. The number of halogens is 2. The highest BCUT2D eigenvalue weighted by molar-refractivity contribution is 6.30. The van der Waals surface area contributed by atoms with Crippen LogP contribution in [-0.4, -0.2) is 62.7 Å². The summed E-state index contributed by atoms with van der Waals surface area (Å²) in [6.07, 6.45) is 1.99. The molecule has 5 heteroatoms. The molecule has 1 N–H and O–H groups in total. The van der Waals surface area contributed by atoms with Gasteiger partial charge in [0.2, 0.25) is 0 Å². The molecular formula is C16H25ClFN3. The molecule has 0 radical (unpaired) electrons. The number of likely N-dealkylation sites (N-methyl/N-ethyl adjacent to an activating group) is 3. The van der Waals surface area contributed by atoms with Crippen molar-refractivity contribution in [2.45, 2.75) is 24.9 Å². The van der Waals surface area contributed by atoms with Crippen LogP contribution in [0.5, 0.6) is 0 Å². The highest BCUT2D eigenvalue weighted by atomic mass is 35.5. The van der Waals surface area contributed by atoms with Gasteiger partial charge in [-0.15, -0.1) is 0 Å². The van der Waals surface area contributed by atoms with Crippen molar-refractivity contribution in [1.82, 2.24) is 15.1 Å². The molecule has 0 amide bonds. The van der Waals surface area contributed by atoms with Crippen LogP contribution in [-0.2, 0) is 6.42 Å². The van der Waals surface area contributed by atoms with Gasteiger partial charge < -0.3 is 15.1 Å². The fraction of sp³-hybridized carbons (Fsp3) is 0.625. The van der Waals surface area contributed by atoms with E-state index in [1.807, 2.05) is 13.1 Å². The Kier molecular flexibility index (Phi) is 5.99. The first-order chi connectivity index (χ1) is 10.0. The molecule has 0 spiro atoms. The lowest BCUT2D eigenvalue weighted by atomic mass is 9.98. The number of nitrogens with one attached hydrogen (secondary N) is 1. The minimum absolute atomic E-state index is 0.186. The summed E-state index contributed by atoms with van der Waals surface area (Å²) in [7, 11) is 6.33. The Balaban J connectivity index is 2.11. The zero-order valence-corrected chi connectivity index (χ0v) is 13.8. The summed E-state index contributed by atoms with van der Waals surface area (Å²) >= 11 is 5.76. The Hall–Kier alpha value is -0.680. The zero-order valence-electron chi connectivity index (χ0n) is 13.1. The molecule has 1 heterocycles. The predicted molar refractivity (Wildman–Crippen MR) is 86.5 cm³/mol. The van der Waals surface area contributed by atoms with Crippen molar-refractivity contribution in [2.24, 2.45) is 0 Å². The maximum absolute atomic E-state index is 13.6. The highest BCUT2D eigenvalue weighted by Crippen LogP contribution is 2.19. The van der Waals surface area contributed by atoms with E-state index >= 15 is 0 Å². The smallest absolute Gasteiger partial charge is 0.142 e. The summed E-state index contributed by atoms with van der Waals surface area (Å²) in [5, 5.41) is 3.60. The van der Waals surface area contributed by atoms with E-state index in [4.69, 9.17) is 11.6 Å². The number of nitrogens with zero attached hydrogens (tertiary/aromatic N) is 2. The number of hydrogen-bond acceptors (Lipinski definition) is 3. The standard InChI is InChI=1S/C16H25ClFN3/c1-19-15(10-12-5-6-13(17)14(18)9-12)16-11-20(2)7-4-8-21(16)3/h5-6,9,15-16,19H,4,7-8,10-11H2,1-3H3. The SMILES string of the molecule is CNC(Cc1ccc(Cl)c(F)c1)C1CN(C)CCCN1C. The molecule has 1 saturated heterocycles. The molecule has 2 unspecified atom stereocenters.